The summed E-state index contributed by atoms with van der Waals surface area (Å²) in [5.41, 5.74) is 0. The number of aliphatic carboxylic acids is 2. The number of rotatable bonds is 27. The van der Waals surface area contributed by atoms with Crippen molar-refractivity contribution in [3.63, 3.8) is 0 Å². The van der Waals surface area contributed by atoms with Crippen molar-refractivity contribution in [2.75, 3.05) is 39.6 Å². The van der Waals surface area contributed by atoms with E-state index in [4.69, 9.17) is 24.1 Å². The fourth-order valence-corrected chi connectivity index (χ4v) is 3.58. The first-order chi connectivity index (χ1) is 16.5. The Labute approximate surface area is 206 Å². The molecule has 0 heterocycles. The maximum Gasteiger partial charge on any atom is 0.364 e. The number of hydrogen-bond acceptors (Lipinski definition) is 6. The van der Waals surface area contributed by atoms with Crippen LogP contribution in [-0.2, 0) is 28.5 Å². The van der Waals surface area contributed by atoms with Gasteiger partial charge in [0.1, 0.15) is 0 Å². The molecule has 0 saturated carbocycles. The molecule has 0 aliphatic carbocycles. The van der Waals surface area contributed by atoms with E-state index < -0.39 is 17.7 Å². The van der Waals surface area contributed by atoms with Gasteiger partial charge in [-0.3, -0.25) is 4.79 Å². The Bertz CT molecular complexity index is 463. The average molecular weight is 491 g/mol. The molecular weight excluding hydrogens is 440 g/mol. The lowest BCUT2D eigenvalue weighted by Crippen LogP contribution is -2.46. The van der Waals surface area contributed by atoms with Gasteiger partial charge in [-0.25, -0.2) is 4.79 Å². The van der Waals surface area contributed by atoms with Crippen LogP contribution in [0.5, 0.6) is 0 Å². The van der Waals surface area contributed by atoms with Crippen LogP contribution in [0.4, 0.5) is 0 Å². The summed E-state index contributed by atoms with van der Waals surface area (Å²) in [6, 6.07) is 0. The first-order valence-electron chi connectivity index (χ1n) is 13.4. The Balaban J connectivity index is 4.47. The average Bonchev–Trinajstić information content (AvgIpc) is 2.80. The van der Waals surface area contributed by atoms with Crippen molar-refractivity contribution in [3.05, 3.63) is 0 Å². The predicted molar refractivity (Wildman–Crippen MR) is 132 cm³/mol. The first kappa shape index (κ1) is 32.8. The van der Waals surface area contributed by atoms with E-state index in [1.807, 2.05) is 0 Å². The van der Waals surface area contributed by atoms with Gasteiger partial charge in [0.15, 0.2) is 0 Å². The molecule has 8 nitrogen and oxygen atoms in total. The molecular formula is C26H50O8. The van der Waals surface area contributed by atoms with Crippen molar-refractivity contribution >= 4 is 11.9 Å². The molecule has 0 atom stereocenters. The lowest BCUT2D eigenvalue weighted by molar-refractivity contribution is -0.253. The van der Waals surface area contributed by atoms with E-state index in [0.717, 1.165) is 44.9 Å². The summed E-state index contributed by atoms with van der Waals surface area (Å²) >= 11 is 0. The first-order valence-corrected chi connectivity index (χ1v) is 13.4. The van der Waals surface area contributed by atoms with Crippen LogP contribution in [0.1, 0.15) is 110 Å². The lowest BCUT2D eigenvalue weighted by Gasteiger charge is -2.30. The highest BCUT2D eigenvalue weighted by molar-refractivity contribution is 5.75. The van der Waals surface area contributed by atoms with Crippen molar-refractivity contribution in [2.45, 2.75) is 116 Å². The number of unbranched alkanes of at least 4 members (excludes halogenated alkanes) is 10. The summed E-state index contributed by atoms with van der Waals surface area (Å²) < 4.78 is 22.7. The van der Waals surface area contributed by atoms with Gasteiger partial charge in [0, 0.05) is 26.1 Å². The Hall–Kier alpha value is -1.22. The minimum absolute atomic E-state index is 0.149. The minimum Gasteiger partial charge on any atom is -0.481 e. The van der Waals surface area contributed by atoms with E-state index in [9.17, 15) is 14.7 Å². The summed E-state index contributed by atoms with van der Waals surface area (Å²) in [5, 5.41) is 18.6. The molecule has 8 heteroatoms. The van der Waals surface area contributed by atoms with Crippen molar-refractivity contribution in [1.29, 1.82) is 0 Å². The van der Waals surface area contributed by atoms with Gasteiger partial charge in [-0.2, -0.15) is 0 Å². The van der Waals surface area contributed by atoms with Gasteiger partial charge in [0.25, 0.3) is 5.79 Å². The second kappa shape index (κ2) is 23.5. The van der Waals surface area contributed by atoms with Crippen molar-refractivity contribution in [2.24, 2.45) is 0 Å². The van der Waals surface area contributed by atoms with Crippen LogP contribution in [0.25, 0.3) is 0 Å². The third kappa shape index (κ3) is 19.1. The number of carbonyl (C=O) groups is 2. The summed E-state index contributed by atoms with van der Waals surface area (Å²) in [4.78, 5) is 22.7. The van der Waals surface area contributed by atoms with Crippen LogP contribution in [0.2, 0.25) is 0 Å². The van der Waals surface area contributed by atoms with Crippen LogP contribution in [0, 0.1) is 0 Å². The molecule has 0 unspecified atom stereocenters. The van der Waals surface area contributed by atoms with Gasteiger partial charge in [-0.1, -0.05) is 71.6 Å². The lowest BCUT2D eigenvalue weighted by atomic mass is 10.0. The summed E-state index contributed by atoms with van der Waals surface area (Å²) in [6.07, 6.45) is 13.1. The highest BCUT2D eigenvalue weighted by atomic mass is 16.7. The van der Waals surface area contributed by atoms with Gasteiger partial charge in [0.2, 0.25) is 0 Å². The highest BCUT2D eigenvalue weighted by Gasteiger charge is 2.40. The molecule has 0 aromatic rings. The second-order valence-electron chi connectivity index (χ2n) is 8.76. The Kier molecular flexibility index (Phi) is 22.7. The summed E-state index contributed by atoms with van der Waals surface area (Å²) in [5.74, 6) is -3.63. The topological polar surface area (TPSA) is 112 Å². The monoisotopic (exact) mass is 490 g/mol. The second-order valence-corrected chi connectivity index (χ2v) is 8.76. The van der Waals surface area contributed by atoms with E-state index in [2.05, 4.69) is 13.8 Å². The normalized spacial score (nSPS) is 11.7. The SMILES string of the molecule is CCCCCCOCCOC(CCCCCCCC(=O)O)(OCCOCCCCCC)C(=O)O. The Morgan fingerprint density at radius 3 is 1.53 bits per heavy atom. The molecule has 0 spiro atoms. The third-order valence-corrected chi connectivity index (χ3v) is 5.63. The smallest absolute Gasteiger partial charge is 0.364 e. The van der Waals surface area contributed by atoms with E-state index in [-0.39, 0.29) is 26.1 Å². The predicted octanol–water partition coefficient (Wildman–Crippen LogP) is 5.81. The molecule has 0 rings (SSSR count). The van der Waals surface area contributed by atoms with Crippen molar-refractivity contribution < 1.29 is 38.7 Å². The third-order valence-electron chi connectivity index (χ3n) is 5.63. The van der Waals surface area contributed by atoms with Gasteiger partial charge in [0.05, 0.1) is 26.4 Å². The summed E-state index contributed by atoms with van der Waals surface area (Å²) in [7, 11) is 0. The molecule has 0 bridgehead atoms. The zero-order valence-corrected chi connectivity index (χ0v) is 21.7. The standard InChI is InChI=1S/C26H50O8/c1-3-5-7-14-18-31-20-22-33-26(25(29)30,17-13-11-9-10-12-16-24(27)28)34-23-21-32-19-15-8-6-4-2/h3-23H2,1-2H3,(H,27,28)(H,29,30). The van der Waals surface area contributed by atoms with Crippen LogP contribution >= 0.6 is 0 Å². The van der Waals surface area contributed by atoms with Crippen molar-refractivity contribution in [3.8, 4) is 0 Å². The molecule has 0 fully saturated rings. The molecule has 0 aliphatic rings. The van der Waals surface area contributed by atoms with Gasteiger partial charge >= 0.3 is 11.9 Å². The molecule has 0 aromatic heterocycles. The maximum absolute atomic E-state index is 12.1. The largest absolute Gasteiger partial charge is 0.481 e. The molecule has 2 N–H and O–H groups in total. The fourth-order valence-electron chi connectivity index (χ4n) is 3.58. The Morgan fingerprint density at radius 1 is 0.588 bits per heavy atom. The van der Waals surface area contributed by atoms with Crippen LogP contribution in [-0.4, -0.2) is 67.6 Å². The number of carboxylic acid groups (broad SMARTS) is 2. The molecule has 0 radical (unpaired) electrons. The van der Waals surface area contributed by atoms with Gasteiger partial charge < -0.3 is 29.2 Å². The number of hydrogen-bond donors (Lipinski definition) is 2. The summed E-state index contributed by atoms with van der Waals surface area (Å²) in [6.45, 7) is 6.56. The van der Waals surface area contributed by atoms with Gasteiger partial charge in [-0.05, 0) is 25.7 Å². The molecule has 0 saturated heterocycles. The zero-order chi connectivity index (χ0) is 25.3. The van der Waals surface area contributed by atoms with E-state index in [0.29, 0.717) is 39.3 Å². The van der Waals surface area contributed by atoms with E-state index in [1.165, 1.54) is 25.7 Å². The number of ether oxygens (including phenoxy) is 4. The Morgan fingerprint density at radius 2 is 1.06 bits per heavy atom. The van der Waals surface area contributed by atoms with E-state index >= 15 is 0 Å². The minimum atomic E-state index is -1.71. The molecule has 202 valence electrons. The van der Waals surface area contributed by atoms with Gasteiger partial charge in [-0.15, -0.1) is 0 Å². The quantitative estimate of drug-likeness (QED) is 0.110. The van der Waals surface area contributed by atoms with Crippen LogP contribution in [0.3, 0.4) is 0 Å². The van der Waals surface area contributed by atoms with E-state index in [1.54, 1.807) is 0 Å². The zero-order valence-electron chi connectivity index (χ0n) is 21.7. The molecule has 0 aliphatic heterocycles. The molecule has 0 aromatic carbocycles. The van der Waals surface area contributed by atoms with Crippen molar-refractivity contribution in [1.82, 2.24) is 0 Å². The molecule has 34 heavy (non-hydrogen) atoms. The molecule has 0 amide bonds. The maximum atomic E-state index is 12.1. The van der Waals surface area contributed by atoms with Crippen LogP contribution < -0.4 is 0 Å². The highest BCUT2D eigenvalue weighted by Crippen LogP contribution is 2.23. The number of carboxylic acids is 2. The fraction of sp³-hybridized carbons (Fsp3) is 0.923. The van der Waals surface area contributed by atoms with Crippen LogP contribution in [0.15, 0.2) is 0 Å².